The molecule has 0 saturated heterocycles. The number of hydrogen-bond acceptors (Lipinski definition) is 1. The van der Waals surface area contributed by atoms with E-state index >= 15 is 0 Å². The second-order valence-corrected chi connectivity index (χ2v) is 7.11. The van der Waals surface area contributed by atoms with E-state index in [1.165, 1.54) is 25.7 Å². The van der Waals surface area contributed by atoms with E-state index < -0.39 is 12.1 Å². The number of rotatable bonds is 6. The van der Waals surface area contributed by atoms with Crippen LogP contribution in [0, 0.1) is 17.8 Å². The van der Waals surface area contributed by atoms with Gasteiger partial charge in [0, 0.05) is 6.04 Å². The lowest BCUT2D eigenvalue weighted by molar-refractivity contribution is -0.186. The predicted octanol–water partition coefficient (Wildman–Crippen LogP) is 5.30. The summed E-state index contributed by atoms with van der Waals surface area (Å²) >= 11 is 0. The van der Waals surface area contributed by atoms with Crippen molar-refractivity contribution >= 4 is 0 Å². The Morgan fingerprint density at radius 1 is 1.05 bits per heavy atom. The van der Waals surface area contributed by atoms with Crippen LogP contribution in [-0.2, 0) is 0 Å². The van der Waals surface area contributed by atoms with E-state index in [9.17, 15) is 13.2 Å². The van der Waals surface area contributed by atoms with E-state index in [1.807, 2.05) is 0 Å². The molecule has 1 nitrogen and oxygen atoms in total. The Balaban J connectivity index is 1.93. The van der Waals surface area contributed by atoms with Crippen LogP contribution >= 0.6 is 0 Å². The van der Waals surface area contributed by atoms with E-state index in [0.29, 0.717) is 18.9 Å². The van der Waals surface area contributed by atoms with Crippen molar-refractivity contribution in [3.63, 3.8) is 0 Å². The Labute approximate surface area is 127 Å². The quantitative estimate of drug-likeness (QED) is 0.702. The van der Waals surface area contributed by atoms with E-state index in [1.54, 1.807) is 0 Å². The van der Waals surface area contributed by atoms with Crippen molar-refractivity contribution in [3.05, 3.63) is 0 Å². The molecule has 0 radical (unpaired) electrons. The van der Waals surface area contributed by atoms with Gasteiger partial charge in [-0.2, -0.15) is 13.2 Å². The summed E-state index contributed by atoms with van der Waals surface area (Å²) < 4.78 is 39.0. The number of hydrogen-bond donors (Lipinski definition) is 1. The average molecular weight is 305 g/mol. The molecule has 0 heterocycles. The van der Waals surface area contributed by atoms with Gasteiger partial charge in [-0.25, -0.2) is 0 Å². The minimum atomic E-state index is -4.00. The Bertz CT molecular complexity index is 297. The van der Waals surface area contributed by atoms with Crippen molar-refractivity contribution in [1.29, 1.82) is 0 Å². The normalized spacial score (nSPS) is 29.7. The molecule has 2 fully saturated rings. The lowest BCUT2D eigenvalue weighted by Gasteiger charge is -2.37. The molecule has 124 valence electrons. The number of nitrogens with one attached hydrogen (secondary N) is 1. The van der Waals surface area contributed by atoms with E-state index in [2.05, 4.69) is 12.2 Å². The maximum absolute atomic E-state index is 13.0. The third-order valence-corrected chi connectivity index (χ3v) is 5.47. The minimum Gasteiger partial charge on any atom is -0.314 e. The molecule has 1 N–H and O–H groups in total. The zero-order valence-corrected chi connectivity index (χ0v) is 13.2. The van der Waals surface area contributed by atoms with Crippen LogP contribution in [-0.4, -0.2) is 18.8 Å². The van der Waals surface area contributed by atoms with Crippen molar-refractivity contribution in [3.8, 4) is 0 Å². The second kappa shape index (κ2) is 7.85. The van der Waals surface area contributed by atoms with Crippen LogP contribution in [0.15, 0.2) is 0 Å². The predicted molar refractivity (Wildman–Crippen MR) is 80.2 cm³/mol. The maximum atomic E-state index is 13.0. The van der Waals surface area contributed by atoms with Crippen LogP contribution in [0.1, 0.15) is 71.1 Å². The highest BCUT2D eigenvalue weighted by Crippen LogP contribution is 2.42. The molecule has 3 atom stereocenters. The molecular formula is C17H30F3N. The molecule has 0 aliphatic heterocycles. The largest absolute Gasteiger partial charge is 0.391 e. The molecule has 2 aliphatic carbocycles. The van der Waals surface area contributed by atoms with E-state index in [-0.39, 0.29) is 5.92 Å². The second-order valence-electron chi connectivity index (χ2n) is 7.11. The molecule has 0 aromatic carbocycles. The highest BCUT2D eigenvalue weighted by molar-refractivity contribution is 4.87. The smallest absolute Gasteiger partial charge is 0.314 e. The SMILES string of the molecule is CCCNC(CC1CCCC1)C1CCCC(C(F)(F)F)C1. The molecule has 0 aromatic rings. The molecule has 2 saturated carbocycles. The van der Waals surface area contributed by atoms with Crippen LogP contribution in [0.25, 0.3) is 0 Å². The first-order chi connectivity index (χ1) is 10.0. The van der Waals surface area contributed by atoms with Gasteiger partial charge in [0.05, 0.1) is 5.92 Å². The zero-order valence-electron chi connectivity index (χ0n) is 13.2. The fraction of sp³-hybridized carbons (Fsp3) is 1.00. The third-order valence-electron chi connectivity index (χ3n) is 5.47. The van der Waals surface area contributed by atoms with Crippen molar-refractivity contribution in [2.45, 2.75) is 83.4 Å². The highest BCUT2D eigenvalue weighted by Gasteiger charge is 2.43. The topological polar surface area (TPSA) is 12.0 Å². The van der Waals surface area contributed by atoms with Crippen molar-refractivity contribution < 1.29 is 13.2 Å². The van der Waals surface area contributed by atoms with E-state index in [4.69, 9.17) is 0 Å². The summed E-state index contributed by atoms with van der Waals surface area (Å²) in [6.45, 7) is 3.06. The summed E-state index contributed by atoms with van der Waals surface area (Å²) in [5.41, 5.74) is 0. The van der Waals surface area contributed by atoms with Gasteiger partial charge in [0.15, 0.2) is 0 Å². The van der Waals surface area contributed by atoms with Crippen LogP contribution in [0.4, 0.5) is 13.2 Å². The van der Waals surface area contributed by atoms with Gasteiger partial charge in [-0.3, -0.25) is 0 Å². The van der Waals surface area contributed by atoms with Crippen LogP contribution < -0.4 is 5.32 Å². The molecule has 0 aromatic heterocycles. The maximum Gasteiger partial charge on any atom is 0.391 e. The first-order valence-corrected chi connectivity index (χ1v) is 8.80. The number of alkyl halides is 3. The molecule has 2 aliphatic rings. The summed E-state index contributed by atoms with van der Waals surface area (Å²) in [7, 11) is 0. The molecule has 21 heavy (non-hydrogen) atoms. The van der Waals surface area contributed by atoms with Crippen LogP contribution in [0.5, 0.6) is 0 Å². The Kier molecular flexibility index (Phi) is 6.39. The molecule has 0 spiro atoms. The molecule has 3 unspecified atom stereocenters. The summed E-state index contributed by atoms with van der Waals surface area (Å²) in [6.07, 6.45) is 5.71. The van der Waals surface area contributed by atoms with Gasteiger partial charge in [-0.1, -0.05) is 39.0 Å². The summed E-state index contributed by atoms with van der Waals surface area (Å²) in [6, 6.07) is 0.304. The lowest BCUT2D eigenvalue weighted by Crippen LogP contribution is -2.42. The fourth-order valence-electron chi connectivity index (χ4n) is 4.27. The van der Waals surface area contributed by atoms with Crippen LogP contribution in [0.3, 0.4) is 0 Å². The van der Waals surface area contributed by atoms with Crippen LogP contribution in [0.2, 0.25) is 0 Å². The molecule has 0 amide bonds. The summed E-state index contributed by atoms with van der Waals surface area (Å²) in [5, 5.41) is 3.57. The Morgan fingerprint density at radius 3 is 2.38 bits per heavy atom. The Morgan fingerprint density at radius 2 is 1.76 bits per heavy atom. The van der Waals surface area contributed by atoms with Gasteiger partial charge >= 0.3 is 6.18 Å². The van der Waals surface area contributed by atoms with Gasteiger partial charge in [-0.15, -0.1) is 0 Å². The van der Waals surface area contributed by atoms with Gasteiger partial charge in [0.1, 0.15) is 0 Å². The van der Waals surface area contributed by atoms with Crippen molar-refractivity contribution in [1.82, 2.24) is 5.32 Å². The summed E-state index contributed by atoms with van der Waals surface area (Å²) in [5.74, 6) is -0.103. The standard InChI is InChI=1S/C17H30F3N/c1-2-10-21-16(11-13-6-3-4-7-13)14-8-5-9-15(12-14)17(18,19)20/h13-16,21H,2-12H2,1H3. The molecule has 2 rings (SSSR count). The first kappa shape index (κ1) is 17.1. The minimum absolute atomic E-state index is 0.220. The Hall–Kier alpha value is -0.250. The molecule has 0 bridgehead atoms. The molecular weight excluding hydrogens is 275 g/mol. The summed E-state index contributed by atoms with van der Waals surface area (Å²) in [4.78, 5) is 0. The van der Waals surface area contributed by atoms with Gasteiger partial charge in [0.2, 0.25) is 0 Å². The van der Waals surface area contributed by atoms with Gasteiger partial charge < -0.3 is 5.32 Å². The fourth-order valence-corrected chi connectivity index (χ4v) is 4.27. The lowest BCUT2D eigenvalue weighted by atomic mass is 9.75. The van der Waals surface area contributed by atoms with Crippen molar-refractivity contribution in [2.75, 3.05) is 6.54 Å². The zero-order chi connectivity index (χ0) is 15.3. The van der Waals surface area contributed by atoms with Gasteiger partial charge in [0.25, 0.3) is 0 Å². The highest BCUT2D eigenvalue weighted by atomic mass is 19.4. The van der Waals surface area contributed by atoms with E-state index in [0.717, 1.165) is 38.1 Å². The van der Waals surface area contributed by atoms with Gasteiger partial charge in [-0.05, 0) is 50.5 Å². The monoisotopic (exact) mass is 305 g/mol. The first-order valence-electron chi connectivity index (χ1n) is 8.80. The molecule has 4 heteroatoms. The third kappa shape index (κ3) is 5.15. The number of halogens is 3. The average Bonchev–Trinajstić information content (AvgIpc) is 2.95. The van der Waals surface area contributed by atoms with Crippen molar-refractivity contribution in [2.24, 2.45) is 17.8 Å².